The maximum absolute atomic E-state index is 11.5. The molecule has 1 aliphatic carbocycles. The lowest BCUT2D eigenvalue weighted by Crippen LogP contribution is -2.12. The zero-order chi connectivity index (χ0) is 10.3. The molecule has 0 amide bonds. The first-order valence-electron chi connectivity index (χ1n) is 4.19. The Bertz CT molecular complexity index is 419. The van der Waals surface area contributed by atoms with Crippen LogP contribution < -0.4 is 0 Å². The van der Waals surface area contributed by atoms with Crippen molar-refractivity contribution in [3.8, 4) is 0 Å². The number of carboxylic acid groups (broad SMARTS) is 1. The number of fused-ring (bicyclic) bond motifs is 1. The topological polar surface area (TPSA) is 67.5 Å². The van der Waals surface area contributed by atoms with Crippen molar-refractivity contribution >= 4 is 27.7 Å². The van der Waals surface area contributed by atoms with Crippen LogP contribution >= 0.6 is 15.9 Å². The van der Waals surface area contributed by atoms with Gasteiger partial charge in [-0.1, -0.05) is 0 Å². The smallest absolute Gasteiger partial charge is 0.340 e. The molecule has 4 nitrogen and oxygen atoms in total. The minimum atomic E-state index is -1.13. The molecule has 0 bridgehead atoms. The number of ketones is 1. The average molecular weight is 259 g/mol. The predicted octanol–water partition coefficient (Wildman–Crippen LogP) is 2.26. The highest BCUT2D eigenvalue weighted by atomic mass is 79.9. The highest BCUT2D eigenvalue weighted by molar-refractivity contribution is 9.10. The van der Waals surface area contributed by atoms with E-state index in [0.717, 1.165) is 6.42 Å². The summed E-state index contributed by atoms with van der Waals surface area (Å²) in [6.45, 7) is 0. The van der Waals surface area contributed by atoms with Gasteiger partial charge in [0.1, 0.15) is 11.3 Å². The molecule has 0 atom stereocenters. The zero-order valence-corrected chi connectivity index (χ0v) is 8.76. The lowest BCUT2D eigenvalue weighted by molar-refractivity contribution is 0.0690. The molecule has 1 heterocycles. The Hall–Kier alpha value is -1.10. The number of carbonyl (C=O) groups excluding carboxylic acids is 1. The second kappa shape index (κ2) is 3.24. The molecule has 0 fully saturated rings. The fraction of sp³-hybridized carbons (Fsp3) is 0.333. The van der Waals surface area contributed by atoms with Gasteiger partial charge in [0.15, 0.2) is 10.5 Å². The van der Waals surface area contributed by atoms with Crippen LogP contribution in [-0.4, -0.2) is 16.9 Å². The molecule has 0 aromatic carbocycles. The highest BCUT2D eigenvalue weighted by Crippen LogP contribution is 2.32. The van der Waals surface area contributed by atoms with Crippen molar-refractivity contribution in [1.82, 2.24) is 0 Å². The molecule has 0 unspecified atom stereocenters. The predicted molar refractivity (Wildman–Crippen MR) is 50.6 cm³/mol. The van der Waals surface area contributed by atoms with Crippen LogP contribution in [0.25, 0.3) is 0 Å². The fourth-order valence-electron chi connectivity index (χ4n) is 1.64. The molecule has 5 heteroatoms. The van der Waals surface area contributed by atoms with Crippen LogP contribution in [0.1, 0.15) is 39.3 Å². The molecule has 1 aliphatic rings. The number of aromatic carboxylic acids is 1. The Morgan fingerprint density at radius 2 is 2.14 bits per heavy atom. The minimum Gasteiger partial charge on any atom is -0.478 e. The number of aryl methyl sites for hydroxylation is 1. The van der Waals surface area contributed by atoms with Gasteiger partial charge in [-0.3, -0.25) is 4.79 Å². The number of rotatable bonds is 1. The molecule has 0 saturated heterocycles. The second-order valence-corrected chi connectivity index (χ2v) is 3.85. The summed E-state index contributed by atoms with van der Waals surface area (Å²) < 4.78 is 5.33. The van der Waals surface area contributed by atoms with E-state index in [1.807, 2.05) is 0 Å². The number of Topliss-reactive ketones (excluding diaryl/α,β-unsaturated/α-hetero) is 1. The molecule has 0 saturated carbocycles. The summed E-state index contributed by atoms with van der Waals surface area (Å²) >= 11 is 3.01. The summed E-state index contributed by atoms with van der Waals surface area (Å²) in [6, 6.07) is 0. The highest BCUT2D eigenvalue weighted by Gasteiger charge is 2.30. The molecular formula is C9H7BrO4. The Morgan fingerprint density at radius 1 is 1.43 bits per heavy atom. The van der Waals surface area contributed by atoms with E-state index in [4.69, 9.17) is 9.52 Å². The Morgan fingerprint density at radius 3 is 2.79 bits per heavy atom. The third kappa shape index (κ3) is 1.28. The Labute approximate surface area is 88.0 Å². The van der Waals surface area contributed by atoms with Crippen molar-refractivity contribution in [3.05, 3.63) is 21.6 Å². The fourth-order valence-corrected chi connectivity index (χ4v) is 2.21. The summed E-state index contributed by atoms with van der Waals surface area (Å²) in [5.41, 5.74) is 0.209. The molecule has 1 N–H and O–H groups in total. The van der Waals surface area contributed by atoms with Crippen LogP contribution in [0.4, 0.5) is 0 Å². The SMILES string of the molecule is O=C(O)c1c(Br)oc2c1C(=O)CCC2. The average Bonchev–Trinajstić information content (AvgIpc) is 2.42. The monoisotopic (exact) mass is 258 g/mol. The lowest BCUT2D eigenvalue weighted by atomic mass is 9.94. The van der Waals surface area contributed by atoms with Crippen molar-refractivity contribution in [2.45, 2.75) is 19.3 Å². The Kier molecular flexibility index (Phi) is 2.19. The molecule has 1 aromatic heterocycles. The molecule has 0 aliphatic heterocycles. The van der Waals surface area contributed by atoms with E-state index >= 15 is 0 Å². The third-order valence-corrected chi connectivity index (χ3v) is 2.80. The first kappa shape index (κ1) is 9.45. The zero-order valence-electron chi connectivity index (χ0n) is 7.17. The van der Waals surface area contributed by atoms with E-state index < -0.39 is 5.97 Å². The minimum absolute atomic E-state index is 0.0373. The van der Waals surface area contributed by atoms with Gasteiger partial charge in [-0.15, -0.1) is 0 Å². The van der Waals surface area contributed by atoms with Gasteiger partial charge in [-0.05, 0) is 22.4 Å². The largest absolute Gasteiger partial charge is 0.478 e. The Balaban J connectivity index is 2.65. The maximum atomic E-state index is 11.5. The van der Waals surface area contributed by atoms with E-state index in [2.05, 4.69) is 15.9 Å². The van der Waals surface area contributed by atoms with Crippen LogP contribution in [-0.2, 0) is 6.42 Å². The molecular weight excluding hydrogens is 252 g/mol. The third-order valence-electron chi connectivity index (χ3n) is 2.24. The van der Waals surface area contributed by atoms with Crippen LogP contribution in [0.2, 0.25) is 0 Å². The van der Waals surface area contributed by atoms with Gasteiger partial charge < -0.3 is 9.52 Å². The van der Waals surface area contributed by atoms with E-state index in [-0.39, 0.29) is 21.6 Å². The molecule has 1 aromatic rings. The number of carbonyl (C=O) groups is 2. The molecule has 0 radical (unpaired) electrons. The second-order valence-electron chi connectivity index (χ2n) is 3.13. The number of furan rings is 1. The first-order valence-corrected chi connectivity index (χ1v) is 4.98. The first-order chi connectivity index (χ1) is 6.61. The quantitative estimate of drug-likeness (QED) is 0.839. The van der Waals surface area contributed by atoms with Gasteiger partial charge in [-0.25, -0.2) is 4.79 Å². The molecule has 2 rings (SSSR count). The molecule has 74 valence electrons. The van der Waals surface area contributed by atoms with Crippen molar-refractivity contribution in [3.63, 3.8) is 0 Å². The van der Waals surface area contributed by atoms with Gasteiger partial charge in [0.05, 0.1) is 5.56 Å². The number of hydrogen-bond acceptors (Lipinski definition) is 3. The van der Waals surface area contributed by atoms with Crippen molar-refractivity contribution in [1.29, 1.82) is 0 Å². The van der Waals surface area contributed by atoms with Gasteiger partial charge in [-0.2, -0.15) is 0 Å². The van der Waals surface area contributed by atoms with Crippen LogP contribution in [0.15, 0.2) is 9.09 Å². The summed E-state index contributed by atoms with van der Waals surface area (Å²) in [5.74, 6) is -0.777. The van der Waals surface area contributed by atoms with Crippen LogP contribution in [0.5, 0.6) is 0 Å². The van der Waals surface area contributed by atoms with E-state index in [0.29, 0.717) is 18.6 Å². The molecule has 0 spiro atoms. The summed E-state index contributed by atoms with van der Waals surface area (Å²) in [7, 11) is 0. The van der Waals surface area contributed by atoms with Crippen molar-refractivity contribution < 1.29 is 19.1 Å². The molecule has 14 heavy (non-hydrogen) atoms. The summed E-state index contributed by atoms with van der Waals surface area (Å²) in [6.07, 6.45) is 1.76. The van der Waals surface area contributed by atoms with Gasteiger partial charge in [0.25, 0.3) is 0 Å². The number of halogens is 1. The van der Waals surface area contributed by atoms with Gasteiger partial charge in [0, 0.05) is 12.8 Å². The van der Waals surface area contributed by atoms with Gasteiger partial charge >= 0.3 is 5.97 Å². The van der Waals surface area contributed by atoms with Crippen molar-refractivity contribution in [2.75, 3.05) is 0 Å². The summed E-state index contributed by atoms with van der Waals surface area (Å²) in [5, 5.41) is 8.89. The number of carboxylic acids is 1. The van der Waals surface area contributed by atoms with Crippen molar-refractivity contribution in [2.24, 2.45) is 0 Å². The van der Waals surface area contributed by atoms with E-state index in [1.54, 1.807) is 0 Å². The van der Waals surface area contributed by atoms with Crippen LogP contribution in [0, 0.1) is 0 Å². The summed E-state index contributed by atoms with van der Waals surface area (Å²) in [4.78, 5) is 22.3. The standard InChI is InChI=1S/C9H7BrO4/c10-8-7(9(12)13)6-4(11)2-1-3-5(6)14-8/h1-3H2,(H,12,13). The maximum Gasteiger partial charge on any atom is 0.340 e. The number of hydrogen-bond donors (Lipinski definition) is 1. The van der Waals surface area contributed by atoms with E-state index in [9.17, 15) is 9.59 Å². The van der Waals surface area contributed by atoms with Gasteiger partial charge in [0.2, 0.25) is 0 Å². The van der Waals surface area contributed by atoms with E-state index in [1.165, 1.54) is 0 Å². The lowest BCUT2D eigenvalue weighted by Gasteiger charge is -2.07. The normalized spacial score (nSPS) is 15.4. The van der Waals surface area contributed by atoms with Crippen LogP contribution in [0.3, 0.4) is 0 Å².